The van der Waals surface area contributed by atoms with Gasteiger partial charge >= 0.3 is 0 Å². The van der Waals surface area contributed by atoms with Crippen molar-refractivity contribution in [1.82, 2.24) is 19.6 Å². The van der Waals surface area contributed by atoms with Crippen molar-refractivity contribution < 1.29 is 4.79 Å². The van der Waals surface area contributed by atoms with Crippen molar-refractivity contribution in [2.24, 2.45) is 0 Å². The fraction of sp³-hybridized carbons (Fsp3) is 0.316. The van der Waals surface area contributed by atoms with E-state index in [4.69, 9.17) is 0 Å². The van der Waals surface area contributed by atoms with Gasteiger partial charge in [-0.25, -0.2) is 0 Å². The van der Waals surface area contributed by atoms with Gasteiger partial charge in [0.1, 0.15) is 5.69 Å². The van der Waals surface area contributed by atoms with Crippen LogP contribution in [0.3, 0.4) is 0 Å². The first kappa shape index (κ1) is 17.0. The van der Waals surface area contributed by atoms with Crippen molar-refractivity contribution in [3.8, 4) is 0 Å². The lowest BCUT2D eigenvalue weighted by Gasteiger charge is -2.09. The molecule has 3 rings (SSSR count). The van der Waals surface area contributed by atoms with Gasteiger partial charge in [-0.05, 0) is 44.9 Å². The van der Waals surface area contributed by atoms with Crippen LogP contribution in [0.15, 0.2) is 36.5 Å². The molecule has 3 aromatic rings. The van der Waals surface area contributed by atoms with Gasteiger partial charge in [0.2, 0.25) is 0 Å². The van der Waals surface area contributed by atoms with Crippen molar-refractivity contribution in [3.05, 3.63) is 64.7 Å². The molecule has 2 aromatic heterocycles. The number of nitrogens with one attached hydrogen (secondary N) is 1. The summed E-state index contributed by atoms with van der Waals surface area (Å²) in [5, 5.41) is 11.7. The second kappa shape index (κ2) is 6.93. The smallest absolute Gasteiger partial charge is 0.274 e. The van der Waals surface area contributed by atoms with Gasteiger partial charge < -0.3 is 5.32 Å². The molecule has 0 unspecified atom stereocenters. The Labute approximate surface area is 147 Å². The normalized spacial score (nSPS) is 10.9. The number of carbonyl (C=O) groups is 1. The molecule has 6 nitrogen and oxygen atoms in total. The molecule has 130 valence electrons. The topological polar surface area (TPSA) is 64.7 Å². The quantitative estimate of drug-likeness (QED) is 0.777. The number of hydrogen-bond donors (Lipinski definition) is 1. The minimum atomic E-state index is -0.166. The molecule has 0 spiro atoms. The first-order valence-electron chi connectivity index (χ1n) is 8.43. The predicted octanol–water partition coefficient (Wildman–Crippen LogP) is 3.33. The lowest BCUT2D eigenvalue weighted by Crippen LogP contribution is -2.18. The van der Waals surface area contributed by atoms with Crippen molar-refractivity contribution in [2.45, 2.75) is 40.8 Å². The summed E-state index contributed by atoms with van der Waals surface area (Å²) < 4.78 is 3.61. The minimum Gasteiger partial charge on any atom is -0.317 e. The van der Waals surface area contributed by atoms with Crippen LogP contribution in [0.25, 0.3) is 0 Å². The lowest BCUT2D eigenvalue weighted by molar-refractivity contribution is 0.101. The summed E-state index contributed by atoms with van der Waals surface area (Å²) in [6, 6.07) is 9.98. The van der Waals surface area contributed by atoms with Gasteiger partial charge in [-0.1, -0.05) is 24.3 Å². The largest absolute Gasteiger partial charge is 0.317 e. The molecule has 0 aliphatic carbocycles. The van der Waals surface area contributed by atoms with Gasteiger partial charge in [-0.3, -0.25) is 14.2 Å². The molecule has 1 amide bonds. The number of rotatable bonds is 5. The predicted molar refractivity (Wildman–Crippen MR) is 97.8 cm³/mol. The summed E-state index contributed by atoms with van der Waals surface area (Å²) in [6.07, 6.45) is 1.64. The van der Waals surface area contributed by atoms with E-state index >= 15 is 0 Å². The zero-order chi connectivity index (χ0) is 18.0. The van der Waals surface area contributed by atoms with Crippen LogP contribution in [0, 0.1) is 20.8 Å². The number of aromatic nitrogens is 4. The Balaban J connectivity index is 1.85. The van der Waals surface area contributed by atoms with Crippen LogP contribution in [0.1, 0.15) is 39.9 Å². The third kappa shape index (κ3) is 3.33. The maximum atomic E-state index is 12.6. The summed E-state index contributed by atoms with van der Waals surface area (Å²) in [4.78, 5) is 12.6. The van der Waals surface area contributed by atoms with Gasteiger partial charge in [-0.15, -0.1) is 0 Å². The molecule has 0 fully saturated rings. The van der Waals surface area contributed by atoms with Crippen molar-refractivity contribution in [3.63, 3.8) is 0 Å². The first-order valence-corrected chi connectivity index (χ1v) is 8.43. The maximum absolute atomic E-state index is 12.6. The Morgan fingerprint density at radius 3 is 2.60 bits per heavy atom. The SMILES string of the molecule is CCn1nccc1C(=O)Nc1c(C)nn(Cc2ccccc2C)c1C. The fourth-order valence-corrected chi connectivity index (χ4v) is 2.94. The van der Waals surface area contributed by atoms with Crippen LogP contribution in [-0.2, 0) is 13.1 Å². The third-order valence-corrected chi connectivity index (χ3v) is 4.45. The molecule has 0 aliphatic rings. The number of hydrogen-bond acceptors (Lipinski definition) is 3. The highest BCUT2D eigenvalue weighted by Crippen LogP contribution is 2.22. The second-order valence-electron chi connectivity index (χ2n) is 6.12. The highest BCUT2D eigenvalue weighted by Gasteiger charge is 2.17. The lowest BCUT2D eigenvalue weighted by atomic mass is 10.1. The highest BCUT2D eigenvalue weighted by atomic mass is 16.2. The van der Waals surface area contributed by atoms with Crippen LogP contribution < -0.4 is 5.32 Å². The number of amides is 1. The third-order valence-electron chi connectivity index (χ3n) is 4.45. The molecular weight excluding hydrogens is 314 g/mol. The summed E-state index contributed by atoms with van der Waals surface area (Å²) in [5.74, 6) is -0.166. The zero-order valence-corrected chi connectivity index (χ0v) is 15.1. The summed E-state index contributed by atoms with van der Waals surface area (Å²) in [7, 11) is 0. The maximum Gasteiger partial charge on any atom is 0.274 e. The Bertz CT molecular complexity index is 906. The Hall–Kier alpha value is -2.89. The number of anilines is 1. The average molecular weight is 337 g/mol. The highest BCUT2D eigenvalue weighted by molar-refractivity contribution is 6.03. The summed E-state index contributed by atoms with van der Waals surface area (Å²) in [6.45, 7) is 9.28. The standard InChI is InChI=1S/C19H23N5O/c1-5-23-17(10-11-20-23)19(25)21-18-14(3)22-24(15(18)4)12-16-9-7-6-8-13(16)2/h6-11H,5,12H2,1-4H3,(H,21,25). The van der Waals surface area contributed by atoms with E-state index in [0.717, 1.165) is 17.1 Å². The van der Waals surface area contributed by atoms with Crippen molar-refractivity contribution >= 4 is 11.6 Å². The van der Waals surface area contributed by atoms with E-state index in [1.807, 2.05) is 37.6 Å². The number of benzene rings is 1. The van der Waals surface area contributed by atoms with E-state index in [0.29, 0.717) is 18.8 Å². The fourth-order valence-electron chi connectivity index (χ4n) is 2.94. The number of aryl methyl sites for hydroxylation is 3. The molecule has 1 aromatic carbocycles. The summed E-state index contributed by atoms with van der Waals surface area (Å²) >= 11 is 0. The van der Waals surface area contributed by atoms with Crippen LogP contribution >= 0.6 is 0 Å². The van der Waals surface area contributed by atoms with E-state index in [1.165, 1.54) is 11.1 Å². The molecule has 0 bridgehead atoms. The monoisotopic (exact) mass is 337 g/mol. The van der Waals surface area contributed by atoms with Gasteiger partial charge in [-0.2, -0.15) is 10.2 Å². The first-order chi connectivity index (χ1) is 12.0. The molecule has 6 heteroatoms. The van der Waals surface area contributed by atoms with Crippen LogP contribution in [0.5, 0.6) is 0 Å². The second-order valence-corrected chi connectivity index (χ2v) is 6.12. The average Bonchev–Trinajstić information content (AvgIpc) is 3.17. The van der Waals surface area contributed by atoms with Gasteiger partial charge in [0.15, 0.2) is 0 Å². The van der Waals surface area contributed by atoms with Crippen LogP contribution in [0.2, 0.25) is 0 Å². The molecule has 0 atom stereocenters. The molecule has 0 aliphatic heterocycles. The van der Waals surface area contributed by atoms with Gasteiger partial charge in [0.25, 0.3) is 5.91 Å². The van der Waals surface area contributed by atoms with E-state index in [1.54, 1.807) is 16.9 Å². The van der Waals surface area contributed by atoms with E-state index in [9.17, 15) is 4.79 Å². The van der Waals surface area contributed by atoms with E-state index < -0.39 is 0 Å². The zero-order valence-electron chi connectivity index (χ0n) is 15.1. The molecule has 25 heavy (non-hydrogen) atoms. The number of nitrogens with zero attached hydrogens (tertiary/aromatic N) is 4. The molecule has 2 heterocycles. The van der Waals surface area contributed by atoms with Crippen LogP contribution in [0.4, 0.5) is 5.69 Å². The van der Waals surface area contributed by atoms with Gasteiger partial charge in [0.05, 0.1) is 23.6 Å². The van der Waals surface area contributed by atoms with Crippen molar-refractivity contribution in [1.29, 1.82) is 0 Å². The molecule has 0 saturated carbocycles. The Kier molecular flexibility index (Phi) is 4.70. The number of carbonyl (C=O) groups excluding carboxylic acids is 1. The summed E-state index contributed by atoms with van der Waals surface area (Å²) in [5.41, 5.74) is 5.51. The van der Waals surface area contributed by atoms with Crippen LogP contribution in [-0.4, -0.2) is 25.5 Å². The Morgan fingerprint density at radius 1 is 1.12 bits per heavy atom. The van der Waals surface area contributed by atoms with Gasteiger partial charge in [0, 0.05) is 12.7 Å². The minimum absolute atomic E-state index is 0.166. The molecular formula is C19H23N5O. The Morgan fingerprint density at radius 2 is 1.88 bits per heavy atom. The molecule has 0 radical (unpaired) electrons. The molecule has 1 N–H and O–H groups in total. The molecule has 0 saturated heterocycles. The van der Waals surface area contributed by atoms with E-state index in [2.05, 4.69) is 34.6 Å². The van der Waals surface area contributed by atoms with Crippen molar-refractivity contribution in [2.75, 3.05) is 5.32 Å². The van der Waals surface area contributed by atoms with E-state index in [-0.39, 0.29) is 5.91 Å².